The number of nitro benzene ring substituents is 1. The molecule has 2 aromatic carbocycles. The van der Waals surface area contributed by atoms with Crippen molar-refractivity contribution in [2.75, 3.05) is 6.61 Å². The number of non-ortho nitro benzene ring substituents is 1. The average Bonchev–Trinajstić information content (AvgIpc) is 2.47. The third-order valence-electron chi connectivity index (χ3n) is 3.30. The maximum absolute atomic E-state index is 12.6. The number of hydrogen-bond donors (Lipinski definition) is 1. The van der Waals surface area contributed by atoms with Gasteiger partial charge in [0, 0.05) is 6.07 Å². The van der Waals surface area contributed by atoms with Crippen LogP contribution in [0.15, 0.2) is 41.2 Å². The summed E-state index contributed by atoms with van der Waals surface area (Å²) in [4.78, 5) is 26.2. The SMILES string of the molecule is CCOc1cccc2[nH]c3c([N+](=O)[O-])cccc3c(=O)c12. The van der Waals surface area contributed by atoms with Crippen LogP contribution >= 0.6 is 0 Å². The Morgan fingerprint density at radius 1 is 1.24 bits per heavy atom. The maximum atomic E-state index is 12.6. The highest BCUT2D eigenvalue weighted by atomic mass is 16.6. The Kier molecular flexibility index (Phi) is 3.06. The monoisotopic (exact) mass is 284 g/mol. The summed E-state index contributed by atoms with van der Waals surface area (Å²) >= 11 is 0. The number of hydrogen-bond acceptors (Lipinski definition) is 4. The zero-order valence-corrected chi connectivity index (χ0v) is 11.3. The molecule has 106 valence electrons. The summed E-state index contributed by atoms with van der Waals surface area (Å²) in [5, 5.41) is 11.8. The number of pyridine rings is 1. The van der Waals surface area contributed by atoms with Crippen LogP contribution in [-0.4, -0.2) is 16.5 Å². The third-order valence-corrected chi connectivity index (χ3v) is 3.30. The van der Waals surface area contributed by atoms with Crippen molar-refractivity contribution in [3.63, 3.8) is 0 Å². The summed E-state index contributed by atoms with van der Waals surface area (Å²) < 4.78 is 5.47. The number of nitrogens with zero attached hydrogens (tertiary/aromatic N) is 1. The highest BCUT2D eigenvalue weighted by molar-refractivity contribution is 5.98. The van der Waals surface area contributed by atoms with Gasteiger partial charge in [0.1, 0.15) is 11.3 Å². The first-order valence-electron chi connectivity index (χ1n) is 6.48. The van der Waals surface area contributed by atoms with E-state index in [1.165, 1.54) is 12.1 Å². The first-order chi connectivity index (χ1) is 10.1. The molecule has 3 rings (SSSR count). The Hall–Kier alpha value is -2.89. The van der Waals surface area contributed by atoms with Crippen molar-refractivity contribution in [1.82, 2.24) is 4.98 Å². The highest BCUT2D eigenvalue weighted by Gasteiger charge is 2.17. The van der Waals surface area contributed by atoms with Crippen molar-refractivity contribution in [3.05, 3.63) is 56.7 Å². The molecule has 6 heteroatoms. The number of para-hydroxylation sites is 1. The van der Waals surface area contributed by atoms with Gasteiger partial charge in [0.15, 0.2) is 0 Å². The third kappa shape index (κ3) is 2.01. The zero-order valence-electron chi connectivity index (χ0n) is 11.3. The molecule has 1 heterocycles. The molecule has 0 saturated heterocycles. The lowest BCUT2D eigenvalue weighted by atomic mass is 10.1. The van der Waals surface area contributed by atoms with E-state index in [0.29, 0.717) is 23.3 Å². The van der Waals surface area contributed by atoms with Crippen molar-refractivity contribution in [3.8, 4) is 5.75 Å². The van der Waals surface area contributed by atoms with Gasteiger partial charge in [0.05, 0.1) is 27.8 Å². The van der Waals surface area contributed by atoms with E-state index >= 15 is 0 Å². The first-order valence-corrected chi connectivity index (χ1v) is 6.48. The number of H-pyrrole nitrogens is 1. The minimum absolute atomic E-state index is 0.117. The average molecular weight is 284 g/mol. The zero-order chi connectivity index (χ0) is 15.0. The van der Waals surface area contributed by atoms with Gasteiger partial charge in [-0.2, -0.15) is 0 Å². The van der Waals surface area contributed by atoms with E-state index < -0.39 is 4.92 Å². The molecule has 0 atom stereocenters. The predicted molar refractivity (Wildman–Crippen MR) is 79.9 cm³/mol. The standard InChI is InChI=1S/C15H12N2O4/c1-2-21-12-8-4-6-10-13(12)15(18)9-5-3-7-11(17(19)20)14(9)16-10/h3-8H,2H2,1H3,(H,16,18). The van der Waals surface area contributed by atoms with E-state index in [-0.39, 0.29) is 22.0 Å². The lowest BCUT2D eigenvalue weighted by molar-refractivity contribution is -0.383. The molecule has 0 spiro atoms. The molecule has 1 N–H and O–H groups in total. The number of rotatable bonds is 3. The van der Waals surface area contributed by atoms with Gasteiger partial charge < -0.3 is 9.72 Å². The maximum Gasteiger partial charge on any atom is 0.293 e. The van der Waals surface area contributed by atoms with Crippen molar-refractivity contribution in [1.29, 1.82) is 0 Å². The number of aromatic nitrogens is 1. The molecule has 21 heavy (non-hydrogen) atoms. The number of nitrogens with one attached hydrogen (secondary N) is 1. The molecule has 0 saturated carbocycles. The number of benzene rings is 2. The van der Waals surface area contributed by atoms with Gasteiger partial charge in [-0.05, 0) is 25.1 Å². The number of aromatic amines is 1. The summed E-state index contributed by atoms with van der Waals surface area (Å²) in [6.07, 6.45) is 0. The summed E-state index contributed by atoms with van der Waals surface area (Å²) in [6, 6.07) is 9.61. The second-order valence-corrected chi connectivity index (χ2v) is 4.52. The number of fused-ring (bicyclic) bond motifs is 2. The lowest BCUT2D eigenvalue weighted by Crippen LogP contribution is -2.07. The van der Waals surface area contributed by atoms with Crippen LogP contribution in [0.5, 0.6) is 5.75 Å². The minimum Gasteiger partial charge on any atom is -0.493 e. The quantitative estimate of drug-likeness (QED) is 0.455. The van der Waals surface area contributed by atoms with Crippen LogP contribution in [0.2, 0.25) is 0 Å². The van der Waals surface area contributed by atoms with E-state index in [2.05, 4.69) is 4.98 Å². The van der Waals surface area contributed by atoms with Crippen LogP contribution < -0.4 is 10.2 Å². The van der Waals surface area contributed by atoms with Crippen LogP contribution in [0, 0.1) is 10.1 Å². The smallest absolute Gasteiger partial charge is 0.293 e. The van der Waals surface area contributed by atoms with E-state index in [1.54, 1.807) is 24.3 Å². The van der Waals surface area contributed by atoms with Gasteiger partial charge in [-0.1, -0.05) is 12.1 Å². The van der Waals surface area contributed by atoms with E-state index in [0.717, 1.165) is 0 Å². The fraction of sp³-hybridized carbons (Fsp3) is 0.133. The van der Waals surface area contributed by atoms with Gasteiger partial charge in [-0.25, -0.2) is 0 Å². The molecule has 1 aromatic heterocycles. The molecule has 0 aliphatic carbocycles. The Morgan fingerprint density at radius 2 is 2.00 bits per heavy atom. The van der Waals surface area contributed by atoms with Crippen LogP contribution in [0.25, 0.3) is 21.8 Å². The van der Waals surface area contributed by atoms with Crippen molar-refractivity contribution >= 4 is 27.5 Å². The molecule has 6 nitrogen and oxygen atoms in total. The van der Waals surface area contributed by atoms with Gasteiger partial charge in [-0.15, -0.1) is 0 Å². The van der Waals surface area contributed by atoms with Crippen LogP contribution in [0.4, 0.5) is 5.69 Å². The van der Waals surface area contributed by atoms with Crippen molar-refractivity contribution < 1.29 is 9.66 Å². The molecule has 0 bridgehead atoms. The van der Waals surface area contributed by atoms with Crippen molar-refractivity contribution in [2.24, 2.45) is 0 Å². The molecule has 0 fully saturated rings. The van der Waals surface area contributed by atoms with E-state index in [1.807, 2.05) is 6.92 Å². The van der Waals surface area contributed by atoms with Gasteiger partial charge in [-0.3, -0.25) is 14.9 Å². The minimum atomic E-state index is -0.503. The fourth-order valence-electron chi connectivity index (χ4n) is 2.43. The number of ether oxygens (including phenoxy) is 1. The van der Waals surface area contributed by atoms with Gasteiger partial charge >= 0.3 is 0 Å². The molecule has 0 aliphatic rings. The van der Waals surface area contributed by atoms with Gasteiger partial charge in [0.2, 0.25) is 5.43 Å². The molecule has 3 aromatic rings. The molecular weight excluding hydrogens is 272 g/mol. The Bertz CT molecular complexity index is 915. The Morgan fingerprint density at radius 3 is 2.71 bits per heavy atom. The molecular formula is C15H12N2O4. The van der Waals surface area contributed by atoms with Gasteiger partial charge in [0.25, 0.3) is 5.69 Å². The largest absolute Gasteiger partial charge is 0.493 e. The summed E-state index contributed by atoms with van der Waals surface area (Å²) in [6.45, 7) is 2.27. The Labute approximate surface area is 119 Å². The second kappa shape index (κ2) is 4.90. The fourth-order valence-corrected chi connectivity index (χ4v) is 2.43. The second-order valence-electron chi connectivity index (χ2n) is 4.52. The summed E-state index contributed by atoms with van der Waals surface area (Å²) in [5.74, 6) is 0.477. The Balaban J connectivity index is 2.49. The van der Waals surface area contributed by atoms with Crippen molar-refractivity contribution in [2.45, 2.75) is 6.92 Å². The topological polar surface area (TPSA) is 85.2 Å². The summed E-state index contributed by atoms with van der Waals surface area (Å²) in [7, 11) is 0. The van der Waals surface area contributed by atoms with E-state index in [9.17, 15) is 14.9 Å². The van der Waals surface area contributed by atoms with Crippen LogP contribution in [-0.2, 0) is 0 Å². The molecule has 0 amide bonds. The van der Waals surface area contributed by atoms with E-state index in [4.69, 9.17) is 4.74 Å². The predicted octanol–water partition coefficient (Wildman–Crippen LogP) is 2.99. The summed E-state index contributed by atoms with van der Waals surface area (Å²) in [5.41, 5.74) is 0.362. The molecule has 0 radical (unpaired) electrons. The molecule has 0 unspecified atom stereocenters. The highest BCUT2D eigenvalue weighted by Crippen LogP contribution is 2.27. The first kappa shape index (κ1) is 13.1. The van der Waals surface area contributed by atoms with Crippen LogP contribution in [0.1, 0.15) is 6.92 Å². The lowest BCUT2D eigenvalue weighted by Gasteiger charge is -2.08. The van der Waals surface area contributed by atoms with Crippen LogP contribution in [0.3, 0.4) is 0 Å². The molecule has 0 aliphatic heterocycles. The normalized spacial score (nSPS) is 10.9. The number of nitro groups is 1.